The average molecular weight is 400 g/mol. The quantitative estimate of drug-likeness (QED) is 0.683. The van der Waals surface area contributed by atoms with Crippen molar-refractivity contribution in [1.82, 2.24) is 5.32 Å². The Balaban J connectivity index is 1.58. The van der Waals surface area contributed by atoms with Crippen molar-refractivity contribution >= 4 is 28.8 Å². The molecule has 4 nitrogen and oxygen atoms in total. The largest absolute Gasteiger partial charge is 0.482 e. The predicted octanol–water partition coefficient (Wildman–Crippen LogP) is 4.84. The summed E-state index contributed by atoms with van der Waals surface area (Å²) < 4.78 is 11.8. The van der Waals surface area contributed by atoms with Crippen LogP contribution in [0.15, 0.2) is 66.0 Å². The number of benzene rings is 2. The van der Waals surface area contributed by atoms with Gasteiger partial charge in [0.25, 0.3) is 5.91 Å². The Morgan fingerprint density at radius 3 is 2.41 bits per heavy atom. The molecule has 3 unspecified atom stereocenters. The van der Waals surface area contributed by atoms with Crippen LogP contribution in [-0.4, -0.2) is 18.1 Å². The molecule has 0 spiro atoms. The highest BCUT2D eigenvalue weighted by Crippen LogP contribution is 2.34. The zero-order valence-electron chi connectivity index (χ0n) is 14.6. The first-order chi connectivity index (χ1) is 13.1. The van der Waals surface area contributed by atoms with Crippen LogP contribution < -0.4 is 14.8 Å². The molecule has 1 aliphatic heterocycles. The molecule has 6 heteroatoms. The molecule has 1 amide bonds. The number of carbonyl (C=O) groups excluding carboxylic acids is 1. The highest BCUT2D eigenvalue weighted by atomic mass is 35.5. The number of hydrogen-bond donors (Lipinski definition) is 1. The lowest BCUT2D eigenvalue weighted by Gasteiger charge is -2.32. The molecule has 0 aliphatic carbocycles. The summed E-state index contributed by atoms with van der Waals surface area (Å²) in [4.78, 5) is 14.1. The third-order valence-electron chi connectivity index (χ3n) is 4.42. The number of halogens is 1. The molecular weight excluding hydrogens is 382 g/mol. The third kappa shape index (κ3) is 3.80. The van der Waals surface area contributed by atoms with Crippen LogP contribution in [0.2, 0.25) is 5.02 Å². The van der Waals surface area contributed by atoms with Gasteiger partial charge in [0.05, 0.1) is 6.04 Å². The van der Waals surface area contributed by atoms with E-state index in [-0.39, 0.29) is 11.9 Å². The Kier molecular flexibility index (Phi) is 5.05. The van der Waals surface area contributed by atoms with E-state index in [1.807, 2.05) is 66.9 Å². The van der Waals surface area contributed by atoms with E-state index >= 15 is 0 Å². The van der Waals surface area contributed by atoms with Gasteiger partial charge in [-0.05, 0) is 48.2 Å². The first kappa shape index (κ1) is 17.9. The minimum Gasteiger partial charge on any atom is -0.482 e. The fourth-order valence-electron chi connectivity index (χ4n) is 3.06. The summed E-state index contributed by atoms with van der Waals surface area (Å²) in [6.07, 6.45) is -1.12. The molecule has 2 aromatic carbocycles. The van der Waals surface area contributed by atoms with Gasteiger partial charge >= 0.3 is 0 Å². The smallest absolute Gasteiger partial charge is 0.265 e. The maximum Gasteiger partial charge on any atom is 0.265 e. The van der Waals surface area contributed by atoms with Gasteiger partial charge in [0.2, 0.25) is 6.10 Å². The molecule has 3 atom stereocenters. The fraction of sp³-hybridized carbons (Fsp3) is 0.190. The number of amides is 1. The molecule has 1 aliphatic rings. The lowest BCUT2D eigenvalue weighted by molar-refractivity contribution is -0.133. The predicted molar refractivity (Wildman–Crippen MR) is 107 cm³/mol. The monoisotopic (exact) mass is 399 g/mol. The molecule has 138 valence electrons. The summed E-state index contributed by atoms with van der Waals surface area (Å²) in [5.74, 6) is 1.02. The van der Waals surface area contributed by atoms with E-state index in [1.165, 1.54) is 0 Å². The SMILES string of the molecule is CC1Oc2ccccc2OC1C(=O)NC(c1ccc(Cl)cc1)c1cccs1. The van der Waals surface area contributed by atoms with Crippen molar-refractivity contribution in [1.29, 1.82) is 0 Å². The zero-order chi connectivity index (χ0) is 18.8. The summed E-state index contributed by atoms with van der Waals surface area (Å²) in [6, 6.07) is 18.6. The van der Waals surface area contributed by atoms with Gasteiger partial charge in [0, 0.05) is 9.90 Å². The van der Waals surface area contributed by atoms with Gasteiger partial charge in [-0.1, -0.05) is 41.9 Å². The molecule has 2 heterocycles. The van der Waals surface area contributed by atoms with Crippen LogP contribution in [0.4, 0.5) is 0 Å². The number of para-hydroxylation sites is 2. The summed E-state index contributed by atoms with van der Waals surface area (Å²) in [5, 5.41) is 5.76. The van der Waals surface area contributed by atoms with Gasteiger partial charge in [0.15, 0.2) is 11.5 Å². The van der Waals surface area contributed by atoms with Crippen molar-refractivity contribution in [2.45, 2.75) is 25.2 Å². The molecule has 1 aromatic heterocycles. The number of carbonyl (C=O) groups is 1. The summed E-state index contributed by atoms with van der Waals surface area (Å²) in [7, 11) is 0. The van der Waals surface area contributed by atoms with Crippen molar-refractivity contribution in [2.75, 3.05) is 0 Å². The second-order valence-corrected chi connectivity index (χ2v) is 7.73. The second-order valence-electron chi connectivity index (χ2n) is 6.32. The number of rotatable bonds is 4. The van der Waals surface area contributed by atoms with Crippen molar-refractivity contribution in [3.8, 4) is 11.5 Å². The average Bonchev–Trinajstić information content (AvgIpc) is 3.20. The number of fused-ring (bicyclic) bond motifs is 1. The minimum atomic E-state index is -0.727. The molecule has 3 aromatic rings. The molecular formula is C21H18ClNO3S. The van der Waals surface area contributed by atoms with Gasteiger partial charge in [-0.3, -0.25) is 4.79 Å². The Morgan fingerprint density at radius 1 is 1.04 bits per heavy atom. The standard InChI is InChI=1S/C21H18ClNO3S/c1-13-20(26-17-6-3-2-5-16(17)25-13)21(24)23-19(18-7-4-12-27-18)14-8-10-15(22)11-9-14/h2-13,19-20H,1H3,(H,23,24). The van der Waals surface area contributed by atoms with Crippen LogP contribution in [0.3, 0.4) is 0 Å². The number of ether oxygens (including phenoxy) is 2. The van der Waals surface area contributed by atoms with Crippen molar-refractivity contribution in [2.24, 2.45) is 0 Å². The zero-order valence-corrected chi connectivity index (χ0v) is 16.2. The maximum absolute atomic E-state index is 13.0. The molecule has 0 saturated carbocycles. The molecule has 4 rings (SSSR count). The number of thiophene rings is 1. The first-order valence-corrected chi connectivity index (χ1v) is 9.89. The van der Waals surface area contributed by atoms with Gasteiger partial charge < -0.3 is 14.8 Å². The molecule has 1 N–H and O–H groups in total. The Hall–Kier alpha value is -2.50. The summed E-state index contributed by atoms with van der Waals surface area (Å²) >= 11 is 7.60. The molecule has 0 radical (unpaired) electrons. The molecule has 0 fully saturated rings. The van der Waals surface area contributed by atoms with E-state index in [2.05, 4.69) is 5.32 Å². The lowest BCUT2D eigenvalue weighted by Crippen LogP contribution is -2.49. The van der Waals surface area contributed by atoms with E-state index in [0.29, 0.717) is 16.5 Å². The van der Waals surface area contributed by atoms with Gasteiger partial charge in [-0.2, -0.15) is 0 Å². The van der Waals surface area contributed by atoms with Gasteiger partial charge in [-0.15, -0.1) is 11.3 Å². The summed E-state index contributed by atoms with van der Waals surface area (Å²) in [6.45, 7) is 1.84. The first-order valence-electron chi connectivity index (χ1n) is 8.63. The topological polar surface area (TPSA) is 47.6 Å². The van der Waals surface area contributed by atoms with Crippen LogP contribution in [0.1, 0.15) is 23.4 Å². The van der Waals surface area contributed by atoms with Crippen LogP contribution in [-0.2, 0) is 4.79 Å². The summed E-state index contributed by atoms with van der Waals surface area (Å²) in [5.41, 5.74) is 0.958. The van der Waals surface area contributed by atoms with E-state index in [1.54, 1.807) is 17.4 Å². The number of nitrogens with one attached hydrogen (secondary N) is 1. The lowest BCUT2D eigenvalue weighted by atomic mass is 10.0. The third-order valence-corrected chi connectivity index (χ3v) is 5.61. The van der Waals surface area contributed by atoms with E-state index < -0.39 is 12.2 Å². The van der Waals surface area contributed by atoms with E-state index in [9.17, 15) is 4.79 Å². The Labute approximate surface area is 166 Å². The van der Waals surface area contributed by atoms with Crippen LogP contribution in [0, 0.1) is 0 Å². The van der Waals surface area contributed by atoms with E-state index in [0.717, 1.165) is 10.4 Å². The molecule has 0 bridgehead atoms. The van der Waals surface area contributed by atoms with E-state index in [4.69, 9.17) is 21.1 Å². The fourth-order valence-corrected chi connectivity index (χ4v) is 3.99. The normalized spacial score (nSPS) is 19.3. The molecule has 27 heavy (non-hydrogen) atoms. The van der Waals surface area contributed by atoms with Crippen LogP contribution in [0.25, 0.3) is 0 Å². The van der Waals surface area contributed by atoms with Crippen molar-refractivity contribution in [3.63, 3.8) is 0 Å². The van der Waals surface area contributed by atoms with Crippen molar-refractivity contribution in [3.05, 3.63) is 81.5 Å². The number of hydrogen-bond acceptors (Lipinski definition) is 4. The Morgan fingerprint density at radius 2 is 1.74 bits per heavy atom. The highest BCUT2D eigenvalue weighted by Gasteiger charge is 2.35. The minimum absolute atomic E-state index is 0.217. The Bertz CT molecular complexity index is 927. The highest BCUT2D eigenvalue weighted by molar-refractivity contribution is 7.10. The van der Waals surface area contributed by atoms with Crippen LogP contribution in [0.5, 0.6) is 11.5 Å². The van der Waals surface area contributed by atoms with Crippen molar-refractivity contribution < 1.29 is 14.3 Å². The van der Waals surface area contributed by atoms with Gasteiger partial charge in [-0.25, -0.2) is 0 Å². The molecule has 0 saturated heterocycles. The van der Waals surface area contributed by atoms with Crippen LogP contribution >= 0.6 is 22.9 Å². The van der Waals surface area contributed by atoms with Gasteiger partial charge in [0.1, 0.15) is 6.10 Å². The maximum atomic E-state index is 13.0. The second kappa shape index (κ2) is 7.62.